The van der Waals surface area contributed by atoms with Crippen LogP contribution in [0.15, 0.2) is 18.2 Å². The number of ether oxygens (including phenoxy) is 1. The van der Waals surface area contributed by atoms with E-state index in [4.69, 9.17) is 10.00 Å². The number of morpholine rings is 1. The second-order valence-corrected chi connectivity index (χ2v) is 5.28. The van der Waals surface area contributed by atoms with Crippen molar-refractivity contribution in [3.05, 3.63) is 35.4 Å². The Morgan fingerprint density at radius 1 is 1.26 bits per heavy atom. The molecule has 0 aromatic heterocycles. The maximum absolute atomic E-state index is 13.3. The van der Waals surface area contributed by atoms with Crippen molar-refractivity contribution in [2.75, 3.05) is 45.9 Å². The molecule has 7 heteroatoms. The second kappa shape index (κ2) is 8.56. The number of nitrogens with zero attached hydrogens (tertiary/aromatic N) is 3. The van der Waals surface area contributed by atoms with Crippen molar-refractivity contribution >= 4 is 5.91 Å². The Morgan fingerprint density at radius 2 is 2.00 bits per heavy atom. The molecule has 1 aliphatic heterocycles. The van der Waals surface area contributed by atoms with Crippen LogP contribution in [-0.2, 0) is 4.74 Å². The third kappa shape index (κ3) is 4.98. The van der Waals surface area contributed by atoms with Gasteiger partial charge in [0.05, 0.1) is 25.7 Å². The minimum atomic E-state index is -1.05. The number of benzene rings is 1. The average molecular weight is 323 g/mol. The lowest BCUT2D eigenvalue weighted by Gasteiger charge is -2.30. The number of nitriles is 1. The molecule has 1 saturated heterocycles. The number of carbonyl (C=O) groups is 1. The molecule has 0 N–H and O–H groups in total. The molecule has 0 unspecified atom stereocenters. The summed E-state index contributed by atoms with van der Waals surface area (Å²) in [6.45, 7) is 4.27. The van der Waals surface area contributed by atoms with Crippen molar-refractivity contribution in [2.24, 2.45) is 0 Å². The maximum atomic E-state index is 13.3. The summed E-state index contributed by atoms with van der Waals surface area (Å²) in [7, 11) is 0. The van der Waals surface area contributed by atoms with Gasteiger partial charge in [-0.05, 0) is 18.2 Å². The molecular weight excluding hydrogens is 304 g/mol. The van der Waals surface area contributed by atoms with Gasteiger partial charge in [-0.3, -0.25) is 9.69 Å². The number of carbonyl (C=O) groups excluding carboxylic acids is 1. The number of amides is 1. The largest absolute Gasteiger partial charge is 0.379 e. The van der Waals surface area contributed by atoms with Gasteiger partial charge in [-0.2, -0.15) is 5.26 Å². The molecule has 5 nitrogen and oxygen atoms in total. The molecule has 1 aliphatic rings. The predicted octanol–water partition coefficient (Wildman–Crippen LogP) is 1.65. The monoisotopic (exact) mass is 323 g/mol. The average Bonchev–Trinajstić information content (AvgIpc) is 2.58. The van der Waals surface area contributed by atoms with Crippen LogP contribution in [0.5, 0.6) is 0 Å². The van der Waals surface area contributed by atoms with Crippen molar-refractivity contribution in [3.8, 4) is 6.07 Å². The van der Waals surface area contributed by atoms with E-state index in [9.17, 15) is 13.6 Å². The first-order valence-corrected chi connectivity index (χ1v) is 7.53. The van der Waals surface area contributed by atoms with Gasteiger partial charge in [0.25, 0.3) is 5.91 Å². The molecule has 1 amide bonds. The highest BCUT2D eigenvalue weighted by Crippen LogP contribution is 2.12. The van der Waals surface area contributed by atoms with Crippen molar-refractivity contribution in [1.29, 1.82) is 5.26 Å². The summed E-state index contributed by atoms with van der Waals surface area (Å²) in [5.74, 6) is -2.44. The summed E-state index contributed by atoms with van der Waals surface area (Å²) in [4.78, 5) is 16.1. The van der Waals surface area contributed by atoms with E-state index in [0.717, 1.165) is 25.2 Å². The molecule has 0 spiro atoms. The molecule has 0 saturated carbocycles. The van der Waals surface area contributed by atoms with Gasteiger partial charge in [0.2, 0.25) is 0 Å². The molecular formula is C16H19F2N3O2. The van der Waals surface area contributed by atoms with Gasteiger partial charge >= 0.3 is 0 Å². The fourth-order valence-corrected chi connectivity index (χ4v) is 2.40. The lowest BCUT2D eigenvalue weighted by Crippen LogP contribution is -2.43. The minimum Gasteiger partial charge on any atom is -0.379 e. The van der Waals surface area contributed by atoms with Gasteiger partial charge in [-0.25, -0.2) is 8.78 Å². The summed E-state index contributed by atoms with van der Waals surface area (Å²) in [5.41, 5.74) is 0.0869. The van der Waals surface area contributed by atoms with Crippen molar-refractivity contribution < 1.29 is 18.3 Å². The van der Waals surface area contributed by atoms with Crippen LogP contribution in [0.3, 0.4) is 0 Å². The van der Waals surface area contributed by atoms with E-state index in [1.807, 2.05) is 6.07 Å². The van der Waals surface area contributed by atoms with Gasteiger partial charge in [0, 0.05) is 38.3 Å². The topological polar surface area (TPSA) is 56.6 Å². The number of hydrogen-bond acceptors (Lipinski definition) is 4. The van der Waals surface area contributed by atoms with E-state index in [2.05, 4.69) is 4.90 Å². The molecule has 1 heterocycles. The lowest BCUT2D eigenvalue weighted by molar-refractivity contribution is 0.0326. The predicted molar refractivity (Wildman–Crippen MR) is 79.8 cm³/mol. The lowest BCUT2D eigenvalue weighted by atomic mass is 10.1. The van der Waals surface area contributed by atoms with Crippen LogP contribution in [-0.4, -0.2) is 61.6 Å². The Bertz CT molecular complexity index is 583. The van der Waals surface area contributed by atoms with Gasteiger partial charge in [0.1, 0.15) is 0 Å². The Hall–Kier alpha value is -2.04. The summed E-state index contributed by atoms with van der Waals surface area (Å²) in [6.07, 6.45) is 0.193. The number of rotatable bonds is 6. The zero-order valence-electron chi connectivity index (χ0n) is 12.8. The molecule has 1 fully saturated rings. The Morgan fingerprint density at radius 3 is 2.65 bits per heavy atom. The third-order valence-electron chi connectivity index (χ3n) is 3.74. The number of halogens is 2. The van der Waals surface area contributed by atoms with Crippen LogP contribution in [0.4, 0.5) is 8.78 Å². The van der Waals surface area contributed by atoms with Crippen LogP contribution in [0.25, 0.3) is 0 Å². The highest BCUT2D eigenvalue weighted by Gasteiger charge is 2.19. The van der Waals surface area contributed by atoms with Gasteiger partial charge in [-0.1, -0.05) is 0 Å². The summed E-state index contributed by atoms with van der Waals surface area (Å²) >= 11 is 0. The van der Waals surface area contributed by atoms with Crippen LogP contribution < -0.4 is 0 Å². The fraction of sp³-hybridized carbons (Fsp3) is 0.500. The smallest absolute Gasteiger partial charge is 0.254 e. The van der Waals surface area contributed by atoms with Crippen molar-refractivity contribution in [2.45, 2.75) is 6.42 Å². The molecule has 2 rings (SSSR count). The molecule has 23 heavy (non-hydrogen) atoms. The second-order valence-electron chi connectivity index (χ2n) is 5.28. The van der Waals surface area contributed by atoms with E-state index in [-0.39, 0.29) is 18.5 Å². The van der Waals surface area contributed by atoms with Crippen molar-refractivity contribution in [1.82, 2.24) is 9.80 Å². The molecule has 0 aliphatic carbocycles. The summed E-state index contributed by atoms with van der Waals surface area (Å²) < 4.78 is 31.6. The Labute approximate surface area is 134 Å². The number of hydrogen-bond donors (Lipinski definition) is 0. The first-order valence-electron chi connectivity index (χ1n) is 7.53. The van der Waals surface area contributed by atoms with Crippen LogP contribution in [0.2, 0.25) is 0 Å². The van der Waals surface area contributed by atoms with Crippen LogP contribution in [0, 0.1) is 23.0 Å². The molecule has 124 valence electrons. The highest BCUT2D eigenvalue weighted by molar-refractivity contribution is 5.94. The van der Waals surface area contributed by atoms with Crippen molar-refractivity contribution in [3.63, 3.8) is 0 Å². The maximum Gasteiger partial charge on any atom is 0.254 e. The highest BCUT2D eigenvalue weighted by atomic mass is 19.2. The normalized spacial score (nSPS) is 15.2. The van der Waals surface area contributed by atoms with Crippen LogP contribution >= 0.6 is 0 Å². The molecule has 1 aromatic rings. The first-order chi connectivity index (χ1) is 11.1. The zero-order valence-corrected chi connectivity index (χ0v) is 12.8. The molecule has 0 atom stereocenters. The summed E-state index contributed by atoms with van der Waals surface area (Å²) in [5, 5.41) is 8.74. The van der Waals surface area contributed by atoms with Gasteiger partial charge in [-0.15, -0.1) is 0 Å². The molecule has 1 aromatic carbocycles. The fourth-order valence-electron chi connectivity index (χ4n) is 2.40. The van der Waals surface area contributed by atoms with E-state index in [1.54, 1.807) is 0 Å². The van der Waals surface area contributed by atoms with E-state index in [1.165, 1.54) is 11.0 Å². The van der Waals surface area contributed by atoms with Gasteiger partial charge < -0.3 is 9.64 Å². The van der Waals surface area contributed by atoms with E-state index in [0.29, 0.717) is 26.3 Å². The standard InChI is InChI=1S/C16H19F2N3O2/c17-14-3-2-13(12-15(14)18)16(22)21(5-1-4-19)7-6-20-8-10-23-11-9-20/h2-3,12H,1,5-11H2. The van der Waals surface area contributed by atoms with E-state index >= 15 is 0 Å². The first kappa shape index (κ1) is 17.3. The molecule has 0 bridgehead atoms. The van der Waals surface area contributed by atoms with E-state index < -0.39 is 17.5 Å². The Kier molecular flexibility index (Phi) is 6.44. The molecule has 0 radical (unpaired) electrons. The zero-order chi connectivity index (χ0) is 16.7. The SMILES string of the molecule is N#CCCN(CCN1CCOCC1)C(=O)c1ccc(F)c(F)c1. The third-order valence-corrected chi connectivity index (χ3v) is 3.74. The van der Waals surface area contributed by atoms with Gasteiger partial charge in [0.15, 0.2) is 11.6 Å². The van der Waals surface area contributed by atoms with Crippen LogP contribution in [0.1, 0.15) is 16.8 Å². The Balaban J connectivity index is 2.01. The minimum absolute atomic E-state index is 0.0869. The quantitative estimate of drug-likeness (QED) is 0.799. The summed E-state index contributed by atoms with van der Waals surface area (Å²) in [6, 6.07) is 5.09.